The number of rotatable bonds is 4. The number of pyridine rings is 1. The molecule has 0 spiro atoms. The predicted molar refractivity (Wildman–Crippen MR) is 120 cm³/mol. The molecule has 0 aliphatic rings. The van der Waals surface area contributed by atoms with Crippen LogP contribution in [0.4, 0.5) is 11.4 Å². The highest BCUT2D eigenvalue weighted by Gasteiger charge is 2.19. The zero-order chi connectivity index (χ0) is 20.5. The third-order valence-electron chi connectivity index (χ3n) is 4.56. The van der Waals surface area contributed by atoms with E-state index in [9.17, 15) is 4.79 Å². The molecule has 0 fully saturated rings. The minimum absolute atomic E-state index is 0.331. The number of halogens is 1. The van der Waals surface area contributed by atoms with E-state index in [1.165, 1.54) is 24.0 Å². The summed E-state index contributed by atoms with van der Waals surface area (Å²) in [6.45, 7) is 2.04. The Morgan fingerprint density at radius 1 is 1.14 bits per heavy atom. The number of ether oxygens (including phenoxy) is 1. The molecular formula is C22H18ClN3O2S. The molecule has 2 heterocycles. The number of amides is 1. The molecule has 29 heavy (non-hydrogen) atoms. The molecule has 0 aliphatic carbocycles. The Labute approximate surface area is 177 Å². The minimum atomic E-state index is -0.331. The smallest absolute Gasteiger partial charge is 0.268 e. The van der Waals surface area contributed by atoms with Crippen LogP contribution in [0.2, 0.25) is 5.02 Å². The van der Waals surface area contributed by atoms with Crippen LogP contribution in [0.15, 0.2) is 54.6 Å². The number of aryl methyl sites for hydroxylation is 1. The van der Waals surface area contributed by atoms with Gasteiger partial charge in [-0.05, 0) is 37.3 Å². The number of nitrogens with zero attached hydrogens (tertiary/aromatic N) is 1. The topological polar surface area (TPSA) is 77.2 Å². The van der Waals surface area contributed by atoms with Gasteiger partial charge in [0.15, 0.2) is 0 Å². The summed E-state index contributed by atoms with van der Waals surface area (Å²) >= 11 is 7.30. The highest BCUT2D eigenvalue weighted by molar-refractivity contribution is 7.21. The first-order valence-corrected chi connectivity index (χ1v) is 10.1. The van der Waals surface area contributed by atoms with Crippen molar-refractivity contribution in [2.75, 3.05) is 18.2 Å². The van der Waals surface area contributed by atoms with Gasteiger partial charge in [-0.15, -0.1) is 11.3 Å². The van der Waals surface area contributed by atoms with E-state index < -0.39 is 0 Å². The Morgan fingerprint density at radius 3 is 2.62 bits per heavy atom. The maximum absolute atomic E-state index is 12.9. The molecule has 7 heteroatoms. The molecular weight excluding hydrogens is 406 g/mol. The van der Waals surface area contributed by atoms with E-state index in [4.69, 9.17) is 27.1 Å². The first kappa shape index (κ1) is 19.2. The molecule has 0 unspecified atom stereocenters. The van der Waals surface area contributed by atoms with Crippen LogP contribution in [0.1, 0.15) is 15.2 Å². The van der Waals surface area contributed by atoms with Crippen molar-refractivity contribution in [1.29, 1.82) is 0 Å². The molecule has 146 valence electrons. The van der Waals surface area contributed by atoms with Gasteiger partial charge in [0.25, 0.3) is 5.91 Å². The van der Waals surface area contributed by atoms with Crippen LogP contribution < -0.4 is 15.8 Å². The van der Waals surface area contributed by atoms with E-state index in [0.29, 0.717) is 31.9 Å². The van der Waals surface area contributed by atoms with Crippen molar-refractivity contribution in [3.63, 3.8) is 0 Å². The first-order valence-electron chi connectivity index (χ1n) is 8.87. The number of nitrogens with one attached hydrogen (secondary N) is 1. The lowest BCUT2D eigenvalue weighted by molar-refractivity contribution is 0.103. The van der Waals surface area contributed by atoms with E-state index in [1.54, 1.807) is 18.2 Å². The number of hydrogen-bond acceptors (Lipinski definition) is 5. The standard InChI is InChI=1S/C22H18ClN3O2S/c1-12-3-5-13(6-4-12)16-9-8-15-19(24)20(29-22(15)26-16)21(27)25-17-11-14(23)7-10-18(17)28-2/h3-11H,24H2,1-2H3,(H,25,27). The van der Waals surface area contributed by atoms with Crippen LogP contribution in [0, 0.1) is 6.92 Å². The number of nitrogens with two attached hydrogens (primary N) is 1. The fourth-order valence-corrected chi connectivity index (χ4v) is 4.17. The van der Waals surface area contributed by atoms with Crippen molar-refractivity contribution in [3.05, 3.63) is 70.1 Å². The van der Waals surface area contributed by atoms with Crippen LogP contribution in [0.25, 0.3) is 21.5 Å². The fourth-order valence-electron chi connectivity index (χ4n) is 3.01. The van der Waals surface area contributed by atoms with Gasteiger partial charge in [0, 0.05) is 16.0 Å². The second-order valence-electron chi connectivity index (χ2n) is 6.56. The number of methoxy groups -OCH3 is 1. The molecule has 4 aromatic rings. The molecule has 0 saturated carbocycles. The minimum Gasteiger partial charge on any atom is -0.495 e. The Kier molecular flexibility index (Phi) is 5.13. The number of fused-ring (bicyclic) bond motifs is 1. The molecule has 0 bridgehead atoms. The lowest BCUT2D eigenvalue weighted by atomic mass is 10.1. The maximum Gasteiger partial charge on any atom is 0.268 e. The fraction of sp³-hybridized carbons (Fsp3) is 0.0909. The number of carbonyl (C=O) groups is 1. The molecule has 0 radical (unpaired) electrons. The third-order valence-corrected chi connectivity index (χ3v) is 5.91. The Hall–Kier alpha value is -3.09. The quantitative estimate of drug-likeness (QED) is 0.437. The molecule has 0 saturated heterocycles. The summed E-state index contributed by atoms with van der Waals surface area (Å²) < 4.78 is 5.29. The lowest BCUT2D eigenvalue weighted by Gasteiger charge is -2.10. The monoisotopic (exact) mass is 423 g/mol. The number of nitrogen functional groups attached to an aromatic ring is 1. The summed E-state index contributed by atoms with van der Waals surface area (Å²) in [6.07, 6.45) is 0. The van der Waals surface area contributed by atoms with E-state index in [-0.39, 0.29) is 5.91 Å². The van der Waals surface area contributed by atoms with Gasteiger partial charge in [0.1, 0.15) is 15.5 Å². The van der Waals surface area contributed by atoms with E-state index in [0.717, 1.165) is 16.6 Å². The Bertz CT molecular complexity index is 1220. The maximum atomic E-state index is 12.9. The molecule has 3 N–H and O–H groups in total. The van der Waals surface area contributed by atoms with E-state index >= 15 is 0 Å². The predicted octanol–water partition coefficient (Wildman–Crippen LogP) is 5.77. The van der Waals surface area contributed by atoms with Gasteiger partial charge in [-0.1, -0.05) is 41.4 Å². The van der Waals surface area contributed by atoms with Crippen molar-refractivity contribution in [2.45, 2.75) is 6.92 Å². The number of carbonyl (C=O) groups excluding carboxylic acids is 1. The molecule has 4 rings (SSSR count). The second kappa shape index (κ2) is 7.73. The van der Waals surface area contributed by atoms with Gasteiger partial charge < -0.3 is 15.8 Å². The van der Waals surface area contributed by atoms with Crippen LogP contribution in [-0.2, 0) is 0 Å². The average Bonchev–Trinajstić information content (AvgIpc) is 3.05. The van der Waals surface area contributed by atoms with Gasteiger partial charge in [-0.2, -0.15) is 0 Å². The van der Waals surface area contributed by atoms with Crippen LogP contribution in [0.3, 0.4) is 0 Å². The summed E-state index contributed by atoms with van der Waals surface area (Å²) in [5.41, 5.74) is 10.2. The summed E-state index contributed by atoms with van der Waals surface area (Å²) in [4.78, 5) is 18.7. The molecule has 0 aliphatic heterocycles. The van der Waals surface area contributed by atoms with Crippen LogP contribution in [-0.4, -0.2) is 18.0 Å². The first-order chi connectivity index (χ1) is 14.0. The highest BCUT2D eigenvalue weighted by atomic mass is 35.5. The van der Waals surface area contributed by atoms with Gasteiger partial charge in [-0.25, -0.2) is 4.98 Å². The van der Waals surface area contributed by atoms with E-state index in [1.807, 2.05) is 43.3 Å². The Morgan fingerprint density at radius 2 is 1.90 bits per heavy atom. The normalized spacial score (nSPS) is 10.9. The summed E-state index contributed by atoms with van der Waals surface area (Å²) in [6, 6.07) is 17.0. The zero-order valence-corrected chi connectivity index (χ0v) is 17.4. The summed E-state index contributed by atoms with van der Waals surface area (Å²) in [7, 11) is 1.53. The van der Waals surface area contributed by atoms with Crippen molar-refractivity contribution in [3.8, 4) is 17.0 Å². The number of benzene rings is 2. The SMILES string of the molecule is COc1ccc(Cl)cc1NC(=O)c1sc2nc(-c3ccc(C)cc3)ccc2c1N. The van der Waals surface area contributed by atoms with Crippen LogP contribution in [0.5, 0.6) is 5.75 Å². The van der Waals surface area contributed by atoms with Crippen molar-refractivity contribution >= 4 is 50.4 Å². The van der Waals surface area contributed by atoms with Gasteiger partial charge in [0.2, 0.25) is 0 Å². The van der Waals surface area contributed by atoms with E-state index in [2.05, 4.69) is 5.32 Å². The number of aromatic nitrogens is 1. The number of hydrogen-bond donors (Lipinski definition) is 2. The van der Waals surface area contributed by atoms with Crippen molar-refractivity contribution < 1.29 is 9.53 Å². The Balaban J connectivity index is 1.69. The van der Waals surface area contributed by atoms with Gasteiger partial charge in [-0.3, -0.25) is 4.79 Å². The molecule has 2 aromatic carbocycles. The summed E-state index contributed by atoms with van der Waals surface area (Å²) in [5.74, 6) is 0.185. The highest BCUT2D eigenvalue weighted by Crippen LogP contribution is 2.36. The largest absolute Gasteiger partial charge is 0.495 e. The molecule has 5 nitrogen and oxygen atoms in total. The third kappa shape index (κ3) is 3.77. The number of anilines is 2. The molecule has 1 amide bonds. The second-order valence-corrected chi connectivity index (χ2v) is 7.99. The zero-order valence-electron chi connectivity index (χ0n) is 15.8. The average molecular weight is 424 g/mol. The van der Waals surface area contributed by atoms with Gasteiger partial charge in [0.05, 0.1) is 24.2 Å². The number of thiophene rings is 1. The molecule has 0 atom stereocenters. The molecule has 2 aromatic heterocycles. The lowest BCUT2D eigenvalue weighted by Crippen LogP contribution is -2.12. The van der Waals surface area contributed by atoms with Crippen LogP contribution >= 0.6 is 22.9 Å². The van der Waals surface area contributed by atoms with Crippen molar-refractivity contribution in [1.82, 2.24) is 4.98 Å². The van der Waals surface area contributed by atoms with Gasteiger partial charge >= 0.3 is 0 Å². The van der Waals surface area contributed by atoms with Crippen molar-refractivity contribution in [2.24, 2.45) is 0 Å². The summed E-state index contributed by atoms with van der Waals surface area (Å²) in [5, 5.41) is 4.08.